The molecule has 0 rings (SSSR count). The first-order chi connectivity index (χ1) is 7.91. The Bertz CT molecular complexity index is 280. The lowest BCUT2D eigenvalue weighted by atomic mass is 9.97. The van der Waals surface area contributed by atoms with Gasteiger partial charge < -0.3 is 4.74 Å². The number of ether oxygens (including phenoxy) is 1. The lowest BCUT2D eigenvalue weighted by molar-refractivity contribution is -0.148. The van der Waals surface area contributed by atoms with Gasteiger partial charge in [0.25, 0.3) is 0 Å². The molecule has 0 atom stereocenters. The van der Waals surface area contributed by atoms with Crippen LogP contribution in [0.25, 0.3) is 0 Å². The molecule has 0 saturated heterocycles. The Labute approximate surface area is 106 Å². The molecule has 0 amide bonds. The van der Waals surface area contributed by atoms with E-state index in [1.807, 2.05) is 39.0 Å². The maximum Gasteiger partial charge on any atom is 0.316 e. The Morgan fingerprint density at radius 3 is 2.35 bits per heavy atom. The fraction of sp³-hybridized carbons (Fsp3) is 0.667. The normalized spacial score (nSPS) is 13.1. The lowest BCUT2D eigenvalue weighted by Gasteiger charge is -2.16. The van der Waals surface area contributed by atoms with Crippen LogP contribution in [0.3, 0.4) is 0 Å². The van der Waals surface area contributed by atoms with Crippen molar-refractivity contribution in [3.05, 3.63) is 24.0 Å². The maximum atomic E-state index is 11.8. The Kier molecular flexibility index (Phi) is 7.60. The van der Waals surface area contributed by atoms with E-state index in [1.54, 1.807) is 0 Å². The fourth-order valence-electron chi connectivity index (χ4n) is 1.09. The standard InChI is InChI=1S/C15H26O2/c1-6-8-10-12-13(11-9-7-2)17-14(16)15(3,4)5/h9,11-12H,6-8,10H2,1-5H3/b11-9+,13-12+. The smallest absolute Gasteiger partial charge is 0.316 e. The lowest BCUT2D eigenvalue weighted by Crippen LogP contribution is -2.22. The highest BCUT2D eigenvalue weighted by Crippen LogP contribution is 2.18. The zero-order chi connectivity index (χ0) is 13.3. The number of hydrogen-bond acceptors (Lipinski definition) is 2. The van der Waals surface area contributed by atoms with Crippen LogP contribution in [0.5, 0.6) is 0 Å². The van der Waals surface area contributed by atoms with Crippen LogP contribution in [0, 0.1) is 5.41 Å². The second-order valence-corrected chi connectivity index (χ2v) is 5.20. The van der Waals surface area contributed by atoms with Gasteiger partial charge in [0, 0.05) is 0 Å². The summed E-state index contributed by atoms with van der Waals surface area (Å²) in [6.07, 6.45) is 10.1. The summed E-state index contributed by atoms with van der Waals surface area (Å²) in [5.41, 5.74) is -0.454. The predicted octanol–water partition coefficient (Wildman–Crippen LogP) is 4.62. The van der Waals surface area contributed by atoms with Gasteiger partial charge >= 0.3 is 5.97 Å². The largest absolute Gasteiger partial charge is 0.427 e. The minimum absolute atomic E-state index is 0.180. The van der Waals surface area contributed by atoms with Crippen molar-refractivity contribution in [1.82, 2.24) is 0 Å². The van der Waals surface area contributed by atoms with E-state index in [4.69, 9.17) is 4.74 Å². The first-order valence-electron chi connectivity index (χ1n) is 6.50. The molecule has 0 spiro atoms. The third-order valence-corrected chi connectivity index (χ3v) is 2.24. The van der Waals surface area contributed by atoms with Gasteiger partial charge in [-0.2, -0.15) is 0 Å². The van der Waals surface area contributed by atoms with Crippen molar-refractivity contribution in [3.63, 3.8) is 0 Å². The average Bonchev–Trinajstić information content (AvgIpc) is 2.24. The van der Waals surface area contributed by atoms with Crippen molar-refractivity contribution >= 4 is 5.97 Å². The number of hydrogen-bond donors (Lipinski definition) is 0. The Morgan fingerprint density at radius 1 is 1.24 bits per heavy atom. The quantitative estimate of drug-likeness (QED) is 0.292. The molecule has 0 N–H and O–H groups in total. The highest BCUT2D eigenvalue weighted by atomic mass is 16.5. The minimum atomic E-state index is -0.454. The van der Waals surface area contributed by atoms with Gasteiger partial charge in [-0.05, 0) is 52.2 Å². The molecule has 2 nitrogen and oxygen atoms in total. The fourth-order valence-corrected chi connectivity index (χ4v) is 1.09. The molecule has 0 unspecified atom stereocenters. The number of allylic oxidation sites excluding steroid dienone is 3. The summed E-state index contributed by atoms with van der Waals surface area (Å²) >= 11 is 0. The van der Waals surface area contributed by atoms with Crippen LogP contribution in [0.15, 0.2) is 24.0 Å². The van der Waals surface area contributed by atoms with Crippen LogP contribution < -0.4 is 0 Å². The van der Waals surface area contributed by atoms with Gasteiger partial charge in [0.05, 0.1) is 5.41 Å². The maximum absolute atomic E-state index is 11.8. The molecule has 0 aliphatic carbocycles. The van der Waals surface area contributed by atoms with Crippen LogP contribution in [0.2, 0.25) is 0 Å². The average molecular weight is 238 g/mol. The van der Waals surface area contributed by atoms with E-state index >= 15 is 0 Å². The zero-order valence-corrected chi connectivity index (χ0v) is 11.9. The van der Waals surface area contributed by atoms with E-state index < -0.39 is 5.41 Å². The molecule has 0 aliphatic rings. The van der Waals surface area contributed by atoms with E-state index in [0.29, 0.717) is 5.76 Å². The van der Waals surface area contributed by atoms with E-state index in [1.165, 1.54) is 0 Å². The van der Waals surface area contributed by atoms with Gasteiger partial charge in [-0.3, -0.25) is 4.79 Å². The van der Waals surface area contributed by atoms with E-state index in [9.17, 15) is 4.79 Å². The summed E-state index contributed by atoms with van der Waals surface area (Å²) in [5, 5.41) is 0. The molecule has 98 valence electrons. The van der Waals surface area contributed by atoms with Crippen molar-refractivity contribution in [2.45, 2.75) is 60.3 Å². The predicted molar refractivity (Wildman–Crippen MR) is 72.6 cm³/mol. The SMILES string of the molecule is CC/C=C/C(=C\CCCC)OC(=O)C(C)(C)C. The van der Waals surface area contributed by atoms with Gasteiger partial charge in [-0.1, -0.05) is 26.3 Å². The van der Waals surface area contributed by atoms with Crippen molar-refractivity contribution < 1.29 is 9.53 Å². The Hall–Kier alpha value is -1.05. The second kappa shape index (κ2) is 8.10. The number of esters is 1. The van der Waals surface area contributed by atoms with Crippen molar-refractivity contribution in [2.24, 2.45) is 5.41 Å². The molecule has 0 heterocycles. The summed E-state index contributed by atoms with van der Waals surface area (Å²) in [6.45, 7) is 9.80. The van der Waals surface area contributed by atoms with Crippen molar-refractivity contribution in [2.75, 3.05) is 0 Å². The van der Waals surface area contributed by atoms with E-state index in [-0.39, 0.29) is 5.97 Å². The molecule has 2 heteroatoms. The summed E-state index contributed by atoms with van der Waals surface area (Å²) in [6, 6.07) is 0. The number of unbranched alkanes of at least 4 members (excludes halogenated alkanes) is 2. The van der Waals surface area contributed by atoms with Crippen LogP contribution >= 0.6 is 0 Å². The highest BCUT2D eigenvalue weighted by molar-refractivity contribution is 5.76. The summed E-state index contributed by atoms with van der Waals surface area (Å²) in [5.74, 6) is 0.501. The molecular weight excluding hydrogens is 212 g/mol. The summed E-state index contributed by atoms with van der Waals surface area (Å²) < 4.78 is 5.40. The molecule has 0 saturated carbocycles. The van der Waals surface area contributed by atoms with Crippen molar-refractivity contribution in [1.29, 1.82) is 0 Å². The van der Waals surface area contributed by atoms with Gasteiger partial charge in [0.2, 0.25) is 0 Å². The van der Waals surface area contributed by atoms with Gasteiger partial charge in [-0.15, -0.1) is 0 Å². The molecular formula is C15H26O2. The van der Waals surface area contributed by atoms with Gasteiger partial charge in [0.1, 0.15) is 5.76 Å². The monoisotopic (exact) mass is 238 g/mol. The molecule has 0 aromatic heterocycles. The number of carbonyl (C=O) groups excluding carboxylic acids is 1. The highest BCUT2D eigenvalue weighted by Gasteiger charge is 2.23. The minimum Gasteiger partial charge on any atom is -0.427 e. The molecule has 17 heavy (non-hydrogen) atoms. The van der Waals surface area contributed by atoms with Crippen LogP contribution in [0.1, 0.15) is 60.3 Å². The molecule has 0 aromatic rings. The molecule has 0 aromatic carbocycles. The van der Waals surface area contributed by atoms with Crippen LogP contribution in [-0.2, 0) is 9.53 Å². The van der Waals surface area contributed by atoms with E-state index in [0.717, 1.165) is 25.7 Å². The second-order valence-electron chi connectivity index (χ2n) is 5.20. The summed E-state index contributed by atoms with van der Waals surface area (Å²) in [7, 11) is 0. The van der Waals surface area contributed by atoms with E-state index in [2.05, 4.69) is 13.8 Å². The first kappa shape index (κ1) is 16.0. The molecule has 0 radical (unpaired) electrons. The number of carbonyl (C=O) groups is 1. The van der Waals surface area contributed by atoms with Crippen LogP contribution in [-0.4, -0.2) is 5.97 Å². The Balaban J connectivity index is 4.54. The Morgan fingerprint density at radius 2 is 1.88 bits per heavy atom. The topological polar surface area (TPSA) is 26.3 Å². The molecule has 0 bridgehead atoms. The molecule has 0 aliphatic heterocycles. The zero-order valence-electron chi connectivity index (χ0n) is 11.9. The first-order valence-corrected chi connectivity index (χ1v) is 6.50. The van der Waals surface area contributed by atoms with Gasteiger partial charge in [-0.25, -0.2) is 0 Å². The third-order valence-electron chi connectivity index (χ3n) is 2.24. The number of rotatable bonds is 6. The van der Waals surface area contributed by atoms with Gasteiger partial charge in [0.15, 0.2) is 0 Å². The molecule has 0 fully saturated rings. The summed E-state index contributed by atoms with van der Waals surface area (Å²) in [4.78, 5) is 11.8. The van der Waals surface area contributed by atoms with Crippen molar-refractivity contribution in [3.8, 4) is 0 Å². The van der Waals surface area contributed by atoms with Crippen LogP contribution in [0.4, 0.5) is 0 Å². The third kappa shape index (κ3) is 7.78.